The van der Waals surface area contributed by atoms with Crippen molar-refractivity contribution < 1.29 is 18.0 Å². The number of ketones is 1. The number of hydrogen-bond acceptors (Lipinski definition) is 4. The van der Waals surface area contributed by atoms with Gasteiger partial charge in [-0.15, -0.1) is 0 Å². The summed E-state index contributed by atoms with van der Waals surface area (Å²) in [5.74, 6) is -2.21. The van der Waals surface area contributed by atoms with Crippen molar-refractivity contribution in [3.05, 3.63) is 64.2 Å². The number of aromatic nitrogens is 2. The Hall–Kier alpha value is -2.51. The molecule has 2 N–H and O–H groups in total. The minimum atomic E-state index is -0.923. The van der Waals surface area contributed by atoms with E-state index in [1.807, 2.05) is 6.92 Å². The van der Waals surface area contributed by atoms with Crippen LogP contribution in [0.25, 0.3) is 11.3 Å². The van der Waals surface area contributed by atoms with Gasteiger partial charge in [0.05, 0.1) is 17.5 Å². The Bertz CT molecular complexity index is 994. The molecule has 0 radical (unpaired) electrons. The largest absolute Gasteiger partial charge is 0.441 e. The van der Waals surface area contributed by atoms with E-state index in [2.05, 4.69) is 5.10 Å². The van der Waals surface area contributed by atoms with E-state index in [1.54, 1.807) is 24.0 Å². The van der Waals surface area contributed by atoms with Crippen molar-refractivity contribution in [2.75, 3.05) is 6.54 Å². The third-order valence-corrected chi connectivity index (χ3v) is 4.93. The topological polar surface area (TPSA) is 74.0 Å². The summed E-state index contributed by atoms with van der Waals surface area (Å²) in [6.07, 6.45) is 2.15. The highest BCUT2D eigenvalue weighted by molar-refractivity contribution is 6.31. The van der Waals surface area contributed by atoms with Crippen molar-refractivity contribution in [2.45, 2.75) is 19.8 Å². The Labute approximate surface area is 166 Å². The van der Waals surface area contributed by atoms with Crippen molar-refractivity contribution in [3.8, 4) is 11.3 Å². The fourth-order valence-corrected chi connectivity index (χ4v) is 3.43. The van der Waals surface area contributed by atoms with Gasteiger partial charge in [-0.2, -0.15) is 5.10 Å². The van der Waals surface area contributed by atoms with Crippen molar-refractivity contribution in [3.63, 3.8) is 0 Å². The maximum atomic E-state index is 13.4. The second-order valence-electron chi connectivity index (χ2n) is 6.78. The summed E-state index contributed by atoms with van der Waals surface area (Å²) in [5.41, 5.74) is 8.62. The number of nitrogens with zero attached hydrogens (tertiary/aromatic N) is 2. The molecule has 8 heteroatoms. The van der Waals surface area contributed by atoms with Crippen LogP contribution < -0.4 is 5.73 Å². The first-order valence-corrected chi connectivity index (χ1v) is 9.13. The number of furan rings is 1. The van der Waals surface area contributed by atoms with Gasteiger partial charge in [0, 0.05) is 13.5 Å². The Morgan fingerprint density at radius 3 is 2.68 bits per heavy atom. The minimum Gasteiger partial charge on any atom is -0.441 e. The van der Waals surface area contributed by atoms with E-state index in [-0.39, 0.29) is 35.6 Å². The molecule has 1 atom stereocenters. The number of halogens is 3. The molecule has 1 aromatic carbocycles. The van der Waals surface area contributed by atoms with Crippen LogP contribution in [-0.2, 0) is 13.5 Å². The van der Waals surface area contributed by atoms with Crippen molar-refractivity contribution in [2.24, 2.45) is 18.7 Å². The molecule has 2 aromatic heterocycles. The van der Waals surface area contributed by atoms with Crippen LogP contribution in [-0.4, -0.2) is 22.1 Å². The zero-order valence-corrected chi connectivity index (χ0v) is 16.3. The second-order valence-corrected chi connectivity index (χ2v) is 7.12. The van der Waals surface area contributed by atoms with E-state index in [1.165, 1.54) is 6.07 Å². The highest BCUT2D eigenvalue weighted by Crippen LogP contribution is 2.33. The predicted octanol–water partition coefficient (Wildman–Crippen LogP) is 4.31. The first kappa shape index (κ1) is 20.2. The lowest BCUT2D eigenvalue weighted by atomic mass is 9.93. The molecule has 3 rings (SSSR count). The van der Waals surface area contributed by atoms with E-state index >= 15 is 0 Å². The predicted molar refractivity (Wildman–Crippen MR) is 102 cm³/mol. The van der Waals surface area contributed by atoms with Crippen LogP contribution in [0.1, 0.15) is 28.1 Å². The molecular formula is C20H20ClF2N3O2. The lowest BCUT2D eigenvalue weighted by Crippen LogP contribution is -2.20. The number of Topliss-reactive ketones (excluding diaryl/α,β-unsaturated/α-hetero) is 1. The van der Waals surface area contributed by atoms with Gasteiger partial charge in [-0.05, 0) is 66.7 Å². The average Bonchev–Trinajstić information content (AvgIpc) is 3.19. The smallest absolute Gasteiger partial charge is 0.203 e. The van der Waals surface area contributed by atoms with Gasteiger partial charge in [0.2, 0.25) is 5.22 Å². The van der Waals surface area contributed by atoms with Crippen LogP contribution in [0.4, 0.5) is 8.78 Å². The molecule has 0 bridgehead atoms. The zero-order valence-electron chi connectivity index (χ0n) is 15.5. The van der Waals surface area contributed by atoms with Gasteiger partial charge in [0.25, 0.3) is 0 Å². The number of carbonyl (C=O) groups is 1. The normalized spacial score (nSPS) is 12.4. The van der Waals surface area contributed by atoms with E-state index in [0.29, 0.717) is 17.5 Å². The molecule has 0 saturated carbocycles. The van der Waals surface area contributed by atoms with E-state index < -0.39 is 11.6 Å². The number of aryl methyl sites for hydroxylation is 2. The molecule has 0 aliphatic carbocycles. The summed E-state index contributed by atoms with van der Waals surface area (Å²) in [6.45, 7) is 2.10. The van der Waals surface area contributed by atoms with Crippen LogP contribution in [0, 0.1) is 24.5 Å². The van der Waals surface area contributed by atoms with Crippen molar-refractivity contribution >= 4 is 17.4 Å². The summed E-state index contributed by atoms with van der Waals surface area (Å²) in [5, 5.41) is 4.28. The number of rotatable bonds is 7. The third kappa shape index (κ3) is 4.15. The monoisotopic (exact) mass is 407 g/mol. The molecule has 0 amide bonds. The van der Waals surface area contributed by atoms with Gasteiger partial charge < -0.3 is 10.2 Å². The highest BCUT2D eigenvalue weighted by atomic mass is 35.5. The van der Waals surface area contributed by atoms with Gasteiger partial charge in [0.1, 0.15) is 0 Å². The van der Waals surface area contributed by atoms with Gasteiger partial charge in [-0.1, -0.05) is 6.07 Å². The van der Waals surface area contributed by atoms with Crippen LogP contribution in [0.3, 0.4) is 0 Å². The molecule has 5 nitrogen and oxygen atoms in total. The number of nitrogens with two attached hydrogens (primary N) is 1. The highest BCUT2D eigenvalue weighted by Gasteiger charge is 2.22. The molecule has 28 heavy (non-hydrogen) atoms. The fraction of sp³-hybridized carbons (Fsp3) is 0.300. The third-order valence-electron chi connectivity index (χ3n) is 4.65. The quantitative estimate of drug-likeness (QED) is 0.592. The van der Waals surface area contributed by atoms with Crippen LogP contribution in [0.2, 0.25) is 5.22 Å². The van der Waals surface area contributed by atoms with Crippen molar-refractivity contribution in [1.82, 2.24) is 9.78 Å². The first-order valence-electron chi connectivity index (χ1n) is 8.75. The number of benzene rings is 1. The Morgan fingerprint density at radius 1 is 1.32 bits per heavy atom. The Morgan fingerprint density at radius 2 is 2.07 bits per heavy atom. The standard InChI is InChI=1S/C20H20ClF2N3O2/c1-11-10-25-26(2)19(11)14-8-18(28-20(14)21)17(27)7-13(9-24)5-12-3-4-15(22)16(23)6-12/h3-4,6,8,10,13H,5,7,9,24H2,1-2H3/t13-/m1/s1. The molecule has 148 valence electrons. The molecule has 0 fully saturated rings. The lowest BCUT2D eigenvalue weighted by Gasteiger charge is -2.13. The summed E-state index contributed by atoms with van der Waals surface area (Å²) in [7, 11) is 1.78. The van der Waals surface area contributed by atoms with Crippen LogP contribution in [0.5, 0.6) is 0 Å². The molecule has 2 heterocycles. The molecule has 0 spiro atoms. The molecular weight excluding hydrogens is 388 g/mol. The average molecular weight is 408 g/mol. The number of hydrogen-bond donors (Lipinski definition) is 1. The fourth-order valence-electron chi connectivity index (χ4n) is 3.20. The van der Waals surface area contributed by atoms with Gasteiger partial charge >= 0.3 is 0 Å². The second kappa shape index (κ2) is 8.24. The van der Waals surface area contributed by atoms with Gasteiger partial charge in [-0.25, -0.2) is 8.78 Å². The van der Waals surface area contributed by atoms with Gasteiger partial charge in [-0.3, -0.25) is 9.48 Å². The summed E-state index contributed by atoms with van der Waals surface area (Å²) in [6, 6.07) is 5.27. The van der Waals surface area contributed by atoms with E-state index in [4.69, 9.17) is 21.8 Å². The number of carbonyl (C=O) groups excluding carboxylic acids is 1. The zero-order chi connectivity index (χ0) is 20.4. The van der Waals surface area contributed by atoms with Crippen LogP contribution >= 0.6 is 11.6 Å². The molecule has 0 unspecified atom stereocenters. The van der Waals surface area contributed by atoms with Gasteiger partial charge in [0.15, 0.2) is 23.2 Å². The first-order chi connectivity index (χ1) is 13.3. The van der Waals surface area contributed by atoms with Crippen molar-refractivity contribution in [1.29, 1.82) is 0 Å². The lowest BCUT2D eigenvalue weighted by molar-refractivity contribution is 0.0935. The maximum absolute atomic E-state index is 13.4. The minimum absolute atomic E-state index is 0.100. The summed E-state index contributed by atoms with van der Waals surface area (Å²) in [4.78, 5) is 12.7. The SMILES string of the molecule is Cc1cnn(C)c1-c1cc(C(=O)C[C@H](CN)Cc2ccc(F)c(F)c2)oc1Cl. The molecule has 0 saturated heterocycles. The maximum Gasteiger partial charge on any atom is 0.203 e. The Kier molecular flexibility index (Phi) is 5.96. The van der Waals surface area contributed by atoms with E-state index in [0.717, 1.165) is 23.4 Å². The summed E-state index contributed by atoms with van der Waals surface area (Å²) >= 11 is 6.19. The Balaban J connectivity index is 1.76. The molecule has 0 aliphatic rings. The molecule has 3 aromatic rings. The van der Waals surface area contributed by atoms with Crippen LogP contribution in [0.15, 0.2) is 34.9 Å². The summed E-state index contributed by atoms with van der Waals surface area (Å²) < 4.78 is 33.6. The van der Waals surface area contributed by atoms with E-state index in [9.17, 15) is 13.6 Å². The molecule has 0 aliphatic heterocycles.